The Morgan fingerprint density at radius 2 is 1.91 bits per heavy atom. The number of rotatable bonds is 4. The van der Waals surface area contributed by atoms with E-state index in [-0.39, 0.29) is 12.0 Å². The van der Waals surface area contributed by atoms with Crippen LogP contribution in [-0.2, 0) is 4.79 Å². The van der Waals surface area contributed by atoms with Crippen molar-refractivity contribution in [2.75, 3.05) is 13.1 Å². The van der Waals surface area contributed by atoms with Crippen molar-refractivity contribution in [2.45, 2.75) is 58.0 Å². The molecular weight excluding hydrogens is 274 g/mol. The molecule has 3 nitrogen and oxygen atoms in total. The number of likely N-dealkylation sites (tertiary alicyclic amines) is 1. The molecule has 1 atom stereocenters. The third-order valence-corrected chi connectivity index (χ3v) is 5.33. The van der Waals surface area contributed by atoms with Crippen LogP contribution < -0.4 is 4.74 Å². The largest absolute Gasteiger partial charge is 0.481 e. The quantitative estimate of drug-likeness (QED) is 0.840. The third-order valence-electron chi connectivity index (χ3n) is 5.33. The highest BCUT2D eigenvalue weighted by atomic mass is 16.5. The zero-order valence-electron chi connectivity index (χ0n) is 13.6. The molecule has 0 aromatic heterocycles. The Morgan fingerprint density at radius 3 is 2.59 bits per heavy atom. The van der Waals surface area contributed by atoms with Crippen LogP contribution >= 0.6 is 0 Å². The zero-order chi connectivity index (χ0) is 15.4. The van der Waals surface area contributed by atoms with Gasteiger partial charge in [-0.15, -0.1) is 0 Å². The summed E-state index contributed by atoms with van der Waals surface area (Å²) >= 11 is 0. The molecule has 120 valence electrons. The number of hydrogen-bond donors (Lipinski definition) is 0. The van der Waals surface area contributed by atoms with E-state index in [2.05, 4.69) is 4.90 Å². The predicted octanol–water partition coefficient (Wildman–Crippen LogP) is 4.03. The summed E-state index contributed by atoms with van der Waals surface area (Å²) in [6, 6.07) is 9.69. The fourth-order valence-corrected chi connectivity index (χ4v) is 4.01. The average molecular weight is 301 g/mol. The normalized spacial score (nSPS) is 21.8. The Kier molecular flexibility index (Phi) is 4.70. The van der Waals surface area contributed by atoms with Gasteiger partial charge in [0.15, 0.2) is 6.10 Å². The maximum Gasteiger partial charge on any atom is 0.263 e. The lowest BCUT2D eigenvalue weighted by atomic mass is 9.73. The molecule has 1 aliphatic heterocycles. The lowest BCUT2D eigenvalue weighted by Gasteiger charge is -2.33. The number of hydrogen-bond acceptors (Lipinski definition) is 2. The van der Waals surface area contributed by atoms with Crippen LogP contribution in [0.5, 0.6) is 5.75 Å². The van der Waals surface area contributed by atoms with Gasteiger partial charge in [0.1, 0.15) is 5.75 Å². The fraction of sp³-hybridized carbons (Fsp3) is 0.632. The van der Waals surface area contributed by atoms with Crippen LogP contribution in [0, 0.1) is 5.41 Å². The molecule has 3 heteroatoms. The molecular formula is C19H27NO2. The first-order valence-electron chi connectivity index (χ1n) is 8.73. The molecule has 1 heterocycles. The highest BCUT2D eigenvalue weighted by Gasteiger charge is 2.41. The molecule has 2 aliphatic rings. The van der Waals surface area contributed by atoms with Crippen LogP contribution in [0.4, 0.5) is 0 Å². The minimum Gasteiger partial charge on any atom is -0.481 e. The Balaban J connectivity index is 1.62. The lowest BCUT2D eigenvalue weighted by Crippen LogP contribution is -2.41. The van der Waals surface area contributed by atoms with Crippen molar-refractivity contribution in [1.82, 2.24) is 4.90 Å². The molecule has 0 radical (unpaired) electrons. The summed E-state index contributed by atoms with van der Waals surface area (Å²) in [5, 5.41) is 0. The molecule has 1 aromatic carbocycles. The maximum absolute atomic E-state index is 12.8. The molecule has 1 aliphatic carbocycles. The molecule has 0 bridgehead atoms. The number of para-hydroxylation sites is 1. The van der Waals surface area contributed by atoms with Crippen LogP contribution in [0.3, 0.4) is 0 Å². The number of nitrogens with zero attached hydrogens (tertiary/aromatic N) is 1. The minimum atomic E-state index is -0.346. The summed E-state index contributed by atoms with van der Waals surface area (Å²) in [7, 11) is 0. The zero-order valence-corrected chi connectivity index (χ0v) is 13.6. The van der Waals surface area contributed by atoms with E-state index in [1.165, 1.54) is 38.5 Å². The third kappa shape index (κ3) is 3.29. The second kappa shape index (κ2) is 6.72. The smallest absolute Gasteiger partial charge is 0.263 e. The van der Waals surface area contributed by atoms with Crippen molar-refractivity contribution in [3.05, 3.63) is 30.3 Å². The van der Waals surface area contributed by atoms with Gasteiger partial charge in [-0.1, -0.05) is 44.4 Å². The maximum atomic E-state index is 12.8. The Labute approximate surface area is 133 Å². The van der Waals surface area contributed by atoms with E-state index in [9.17, 15) is 4.79 Å². The summed E-state index contributed by atoms with van der Waals surface area (Å²) in [6.07, 6.45) is 8.18. The van der Waals surface area contributed by atoms with E-state index >= 15 is 0 Å². The van der Waals surface area contributed by atoms with Crippen LogP contribution in [0.2, 0.25) is 0 Å². The van der Waals surface area contributed by atoms with Gasteiger partial charge in [-0.25, -0.2) is 0 Å². The summed E-state index contributed by atoms with van der Waals surface area (Å²) in [6.45, 7) is 3.88. The van der Waals surface area contributed by atoms with Crippen LogP contribution in [0.25, 0.3) is 0 Å². The van der Waals surface area contributed by atoms with E-state index < -0.39 is 0 Å². The highest BCUT2D eigenvalue weighted by molar-refractivity contribution is 5.81. The van der Waals surface area contributed by atoms with Crippen LogP contribution in [0.1, 0.15) is 51.9 Å². The van der Waals surface area contributed by atoms with Crippen molar-refractivity contribution < 1.29 is 9.53 Å². The predicted molar refractivity (Wildman–Crippen MR) is 87.9 cm³/mol. The molecule has 1 saturated heterocycles. The summed E-state index contributed by atoms with van der Waals surface area (Å²) in [5.41, 5.74) is 0.416. The molecule has 1 saturated carbocycles. The van der Waals surface area contributed by atoms with Gasteiger partial charge in [-0.3, -0.25) is 4.79 Å². The number of carbonyl (C=O) groups excluding carboxylic acids is 1. The standard InChI is InChI=1S/C19H27NO2/c1-2-17(22-16-9-5-3-6-10-16)18(21)20-14-13-19(15-20)11-7-4-8-12-19/h3,5-6,9-10,17H,2,4,7-8,11-15H2,1H3. The Bertz CT molecular complexity index is 493. The monoisotopic (exact) mass is 301 g/mol. The topological polar surface area (TPSA) is 29.5 Å². The second-order valence-electron chi connectivity index (χ2n) is 6.90. The molecule has 1 amide bonds. The summed E-state index contributed by atoms with van der Waals surface area (Å²) < 4.78 is 5.92. The van der Waals surface area contributed by atoms with Gasteiger partial charge in [-0.2, -0.15) is 0 Å². The lowest BCUT2D eigenvalue weighted by molar-refractivity contribution is -0.138. The van der Waals surface area contributed by atoms with E-state index in [0.29, 0.717) is 5.41 Å². The van der Waals surface area contributed by atoms with Gasteiger partial charge in [0.25, 0.3) is 5.91 Å². The number of ether oxygens (including phenoxy) is 1. The molecule has 2 fully saturated rings. The molecule has 3 rings (SSSR count). The van der Waals surface area contributed by atoms with Crippen molar-refractivity contribution in [1.29, 1.82) is 0 Å². The number of carbonyl (C=O) groups is 1. The Morgan fingerprint density at radius 1 is 1.18 bits per heavy atom. The molecule has 1 aromatic rings. The van der Waals surface area contributed by atoms with E-state index in [1.807, 2.05) is 37.3 Å². The highest BCUT2D eigenvalue weighted by Crippen LogP contribution is 2.43. The van der Waals surface area contributed by atoms with Crippen molar-refractivity contribution in [3.8, 4) is 5.75 Å². The second-order valence-corrected chi connectivity index (χ2v) is 6.90. The van der Waals surface area contributed by atoms with Crippen LogP contribution in [0.15, 0.2) is 30.3 Å². The first kappa shape index (κ1) is 15.4. The molecule has 0 N–H and O–H groups in total. The van der Waals surface area contributed by atoms with E-state index in [0.717, 1.165) is 25.3 Å². The number of benzene rings is 1. The van der Waals surface area contributed by atoms with Gasteiger partial charge < -0.3 is 9.64 Å². The van der Waals surface area contributed by atoms with Crippen LogP contribution in [-0.4, -0.2) is 30.0 Å². The minimum absolute atomic E-state index is 0.175. The van der Waals surface area contributed by atoms with Gasteiger partial charge >= 0.3 is 0 Å². The SMILES string of the molecule is CCC(Oc1ccccc1)C(=O)N1CCC2(CCCCC2)C1. The molecule has 1 spiro atoms. The van der Waals surface area contributed by atoms with Crippen molar-refractivity contribution in [3.63, 3.8) is 0 Å². The van der Waals surface area contributed by atoms with E-state index in [1.54, 1.807) is 0 Å². The van der Waals surface area contributed by atoms with Gasteiger partial charge in [0.05, 0.1) is 0 Å². The summed E-state index contributed by atoms with van der Waals surface area (Å²) in [5.74, 6) is 0.961. The van der Waals surface area contributed by atoms with Gasteiger partial charge in [0.2, 0.25) is 0 Å². The molecule has 1 unspecified atom stereocenters. The van der Waals surface area contributed by atoms with Crippen molar-refractivity contribution >= 4 is 5.91 Å². The average Bonchev–Trinajstić information content (AvgIpc) is 2.97. The number of amides is 1. The van der Waals surface area contributed by atoms with Gasteiger partial charge in [0, 0.05) is 13.1 Å². The van der Waals surface area contributed by atoms with Crippen molar-refractivity contribution in [2.24, 2.45) is 5.41 Å². The Hall–Kier alpha value is -1.51. The van der Waals surface area contributed by atoms with Gasteiger partial charge in [-0.05, 0) is 43.2 Å². The molecule has 22 heavy (non-hydrogen) atoms. The first-order chi connectivity index (χ1) is 10.7. The fourth-order valence-electron chi connectivity index (χ4n) is 4.01. The van der Waals surface area contributed by atoms with E-state index in [4.69, 9.17) is 4.74 Å². The summed E-state index contributed by atoms with van der Waals surface area (Å²) in [4.78, 5) is 14.9. The first-order valence-corrected chi connectivity index (χ1v) is 8.73.